The zero-order valence-electron chi connectivity index (χ0n) is 47.0. The number of hydrogen-bond acceptors (Lipinski definition) is 5. The van der Waals surface area contributed by atoms with E-state index in [1.165, 1.54) is 257 Å². The standard InChI is InChI=1S/C64H121NO5/c1-3-5-7-9-11-13-15-17-29-33-36-40-44-48-52-56-62(67)61(60-66)65-63(68)57-53-49-45-41-37-34-30-27-25-23-21-19-18-20-22-24-26-28-31-35-39-43-47-51-55-59-70-64(69)58-54-50-46-42-38-32-16-14-12-10-8-6-4-2/h8,10,14,16,52,56,61-62,66-67H,3-7,9,11-13,15,17-51,53-55,57-60H2,1-2H3,(H,65,68)/b10-8-,16-14-,56-52+. The molecule has 2 unspecified atom stereocenters. The molecule has 6 nitrogen and oxygen atoms in total. The van der Waals surface area contributed by atoms with Crippen LogP contribution in [0.3, 0.4) is 0 Å². The summed E-state index contributed by atoms with van der Waals surface area (Å²) in [7, 11) is 0. The van der Waals surface area contributed by atoms with Gasteiger partial charge < -0.3 is 20.3 Å². The zero-order chi connectivity index (χ0) is 50.7. The van der Waals surface area contributed by atoms with Crippen LogP contribution in [-0.2, 0) is 14.3 Å². The van der Waals surface area contributed by atoms with Crippen LogP contribution in [0.4, 0.5) is 0 Å². The predicted molar refractivity (Wildman–Crippen MR) is 306 cm³/mol. The molecule has 0 fully saturated rings. The molecule has 0 rings (SSSR count). The fourth-order valence-electron chi connectivity index (χ4n) is 9.61. The number of esters is 1. The van der Waals surface area contributed by atoms with E-state index in [0.29, 0.717) is 19.4 Å². The van der Waals surface area contributed by atoms with Gasteiger partial charge in [-0.2, -0.15) is 0 Å². The van der Waals surface area contributed by atoms with E-state index in [1.54, 1.807) is 6.08 Å². The van der Waals surface area contributed by atoms with Crippen LogP contribution < -0.4 is 5.32 Å². The molecule has 0 aliphatic heterocycles. The summed E-state index contributed by atoms with van der Waals surface area (Å²) in [6.45, 7) is 4.85. The molecule has 1 amide bonds. The molecule has 0 radical (unpaired) electrons. The van der Waals surface area contributed by atoms with Crippen molar-refractivity contribution >= 4 is 11.9 Å². The Morgan fingerprint density at radius 1 is 0.400 bits per heavy atom. The molecule has 0 heterocycles. The fourth-order valence-corrected chi connectivity index (χ4v) is 9.61. The highest BCUT2D eigenvalue weighted by Gasteiger charge is 2.18. The summed E-state index contributed by atoms with van der Waals surface area (Å²) in [4.78, 5) is 24.5. The van der Waals surface area contributed by atoms with Crippen molar-refractivity contribution in [3.8, 4) is 0 Å². The molecule has 0 saturated heterocycles. The Morgan fingerprint density at radius 3 is 1.14 bits per heavy atom. The van der Waals surface area contributed by atoms with Crippen molar-refractivity contribution in [2.75, 3.05) is 13.2 Å². The Balaban J connectivity index is 3.38. The van der Waals surface area contributed by atoms with Gasteiger partial charge in [-0.3, -0.25) is 9.59 Å². The first-order valence-electron chi connectivity index (χ1n) is 31.3. The summed E-state index contributed by atoms with van der Waals surface area (Å²) in [6, 6.07) is -0.626. The van der Waals surface area contributed by atoms with Crippen molar-refractivity contribution in [3.05, 3.63) is 36.5 Å². The molecule has 0 aromatic carbocycles. The number of aliphatic hydroxyl groups is 2. The van der Waals surface area contributed by atoms with E-state index in [4.69, 9.17) is 4.74 Å². The fraction of sp³-hybridized carbons (Fsp3) is 0.875. The maximum absolute atomic E-state index is 12.5. The summed E-state index contributed by atoms with van der Waals surface area (Å²) in [5.41, 5.74) is 0. The first-order chi connectivity index (χ1) is 34.5. The molecule has 0 aromatic heterocycles. The maximum Gasteiger partial charge on any atom is 0.305 e. The van der Waals surface area contributed by atoms with Crippen molar-refractivity contribution in [2.24, 2.45) is 0 Å². The van der Waals surface area contributed by atoms with Gasteiger partial charge in [0.2, 0.25) is 5.91 Å². The summed E-state index contributed by atoms with van der Waals surface area (Å²) >= 11 is 0. The van der Waals surface area contributed by atoms with Crippen molar-refractivity contribution in [2.45, 2.75) is 347 Å². The highest BCUT2D eigenvalue weighted by molar-refractivity contribution is 5.76. The summed E-state index contributed by atoms with van der Waals surface area (Å²) in [5.74, 6) is -0.0645. The Bertz CT molecular complexity index is 1130. The largest absolute Gasteiger partial charge is 0.466 e. The van der Waals surface area contributed by atoms with Gasteiger partial charge in [0, 0.05) is 12.8 Å². The normalized spacial score (nSPS) is 12.8. The van der Waals surface area contributed by atoms with Crippen molar-refractivity contribution in [3.63, 3.8) is 0 Å². The minimum absolute atomic E-state index is 0.000512. The lowest BCUT2D eigenvalue weighted by atomic mass is 10.0. The second-order valence-electron chi connectivity index (χ2n) is 21.4. The van der Waals surface area contributed by atoms with E-state index in [1.807, 2.05) is 6.08 Å². The van der Waals surface area contributed by atoms with Gasteiger partial charge in [0.25, 0.3) is 0 Å². The zero-order valence-corrected chi connectivity index (χ0v) is 47.0. The quantitative estimate of drug-likeness (QED) is 0.0321. The van der Waals surface area contributed by atoms with Gasteiger partial charge in [0.05, 0.1) is 25.4 Å². The van der Waals surface area contributed by atoms with Gasteiger partial charge in [0.1, 0.15) is 0 Å². The second kappa shape index (κ2) is 59.6. The first kappa shape index (κ1) is 68.1. The monoisotopic (exact) mass is 984 g/mol. The highest BCUT2D eigenvalue weighted by atomic mass is 16.5. The van der Waals surface area contributed by atoms with Gasteiger partial charge >= 0.3 is 5.97 Å². The summed E-state index contributed by atoms with van der Waals surface area (Å²) < 4.78 is 5.47. The molecule has 412 valence electrons. The lowest BCUT2D eigenvalue weighted by Gasteiger charge is -2.20. The van der Waals surface area contributed by atoms with Gasteiger partial charge in [-0.1, -0.05) is 301 Å². The van der Waals surface area contributed by atoms with Crippen LogP contribution in [-0.4, -0.2) is 47.4 Å². The van der Waals surface area contributed by atoms with E-state index >= 15 is 0 Å². The van der Waals surface area contributed by atoms with Crippen LogP contribution in [0.2, 0.25) is 0 Å². The van der Waals surface area contributed by atoms with Gasteiger partial charge in [-0.15, -0.1) is 0 Å². The molecule has 0 aliphatic rings. The third kappa shape index (κ3) is 55.4. The summed E-state index contributed by atoms with van der Waals surface area (Å²) in [6.07, 6.45) is 74.7. The number of aliphatic hydroxyl groups excluding tert-OH is 2. The molecule has 70 heavy (non-hydrogen) atoms. The Hall–Kier alpha value is -1.92. The maximum atomic E-state index is 12.5. The molecule has 0 aromatic rings. The smallest absolute Gasteiger partial charge is 0.305 e. The third-order valence-electron chi connectivity index (χ3n) is 14.4. The van der Waals surface area contributed by atoms with Crippen LogP contribution in [0, 0.1) is 0 Å². The van der Waals surface area contributed by atoms with Crippen LogP contribution >= 0.6 is 0 Å². The average molecular weight is 985 g/mol. The van der Waals surface area contributed by atoms with Crippen LogP contribution in [0.15, 0.2) is 36.5 Å². The van der Waals surface area contributed by atoms with E-state index < -0.39 is 12.1 Å². The number of amides is 1. The van der Waals surface area contributed by atoms with Crippen LogP contribution in [0.1, 0.15) is 335 Å². The highest BCUT2D eigenvalue weighted by Crippen LogP contribution is 2.18. The Morgan fingerprint density at radius 2 is 0.743 bits per heavy atom. The molecule has 3 N–H and O–H groups in total. The van der Waals surface area contributed by atoms with Gasteiger partial charge in [-0.25, -0.2) is 0 Å². The topological polar surface area (TPSA) is 95.9 Å². The van der Waals surface area contributed by atoms with Crippen molar-refractivity contribution in [1.82, 2.24) is 5.32 Å². The summed E-state index contributed by atoms with van der Waals surface area (Å²) in [5, 5.41) is 23.1. The lowest BCUT2D eigenvalue weighted by Crippen LogP contribution is -2.45. The van der Waals surface area contributed by atoms with Crippen LogP contribution in [0.25, 0.3) is 0 Å². The van der Waals surface area contributed by atoms with Gasteiger partial charge in [-0.05, 0) is 57.8 Å². The van der Waals surface area contributed by atoms with Gasteiger partial charge in [0.15, 0.2) is 0 Å². The number of rotatable bonds is 58. The number of carbonyl (C=O) groups excluding carboxylic acids is 2. The molecule has 0 bridgehead atoms. The Kier molecular flexibility index (Phi) is 58.0. The molecule has 6 heteroatoms. The number of ether oxygens (including phenoxy) is 1. The minimum Gasteiger partial charge on any atom is -0.466 e. The van der Waals surface area contributed by atoms with Crippen molar-refractivity contribution < 1.29 is 24.5 Å². The van der Waals surface area contributed by atoms with E-state index in [-0.39, 0.29) is 18.5 Å². The first-order valence-corrected chi connectivity index (χ1v) is 31.3. The van der Waals surface area contributed by atoms with E-state index in [2.05, 4.69) is 43.5 Å². The Labute approximate surface area is 436 Å². The molecule has 0 aliphatic carbocycles. The SMILES string of the molecule is CCC/C=C\C/C=C\CCCCCCCC(=O)OCCCCCCCCCCCCCCCCCCCCCCCCCCCC(=O)NC(CO)C(O)/C=C/CCCCCCCCCCCCCCC. The number of allylic oxidation sites excluding steroid dienone is 5. The van der Waals surface area contributed by atoms with Crippen LogP contribution in [0.5, 0.6) is 0 Å². The molecular weight excluding hydrogens is 863 g/mol. The number of carbonyl (C=O) groups is 2. The number of unbranched alkanes of at least 4 members (excludes halogenated alkanes) is 43. The average Bonchev–Trinajstić information content (AvgIpc) is 3.36. The number of nitrogens with one attached hydrogen (secondary N) is 1. The van der Waals surface area contributed by atoms with E-state index in [0.717, 1.165) is 51.4 Å². The molecule has 2 atom stereocenters. The molecule has 0 spiro atoms. The number of hydrogen-bond donors (Lipinski definition) is 3. The third-order valence-corrected chi connectivity index (χ3v) is 14.4. The minimum atomic E-state index is -0.843. The lowest BCUT2D eigenvalue weighted by molar-refractivity contribution is -0.143. The van der Waals surface area contributed by atoms with E-state index in [9.17, 15) is 19.8 Å². The van der Waals surface area contributed by atoms with Crippen molar-refractivity contribution in [1.29, 1.82) is 0 Å². The predicted octanol–water partition coefficient (Wildman–Crippen LogP) is 19.6. The second-order valence-corrected chi connectivity index (χ2v) is 21.4. The molecular formula is C64H121NO5. The molecule has 0 saturated carbocycles.